The van der Waals surface area contributed by atoms with E-state index in [1.54, 1.807) is 9.25 Å². The molecule has 4 aromatic rings. The summed E-state index contributed by atoms with van der Waals surface area (Å²) in [6.07, 6.45) is 0. The Bertz CT molecular complexity index is 1360. The van der Waals surface area contributed by atoms with E-state index in [9.17, 15) is 9.59 Å². The van der Waals surface area contributed by atoms with Gasteiger partial charge in [-0.25, -0.2) is 4.98 Å². The molecule has 0 fully saturated rings. The Hall–Kier alpha value is -3.39. The third-order valence-corrected chi connectivity index (χ3v) is 6.39. The van der Waals surface area contributed by atoms with Gasteiger partial charge in [0.1, 0.15) is 5.52 Å². The molecule has 33 heavy (non-hydrogen) atoms. The molecule has 0 saturated heterocycles. The Morgan fingerprint density at radius 2 is 1.64 bits per heavy atom. The van der Waals surface area contributed by atoms with Crippen LogP contribution in [-0.4, -0.2) is 31.0 Å². The lowest BCUT2D eigenvalue weighted by Crippen LogP contribution is -2.26. The van der Waals surface area contributed by atoms with Gasteiger partial charge in [-0.2, -0.15) is 5.10 Å². The zero-order chi connectivity index (χ0) is 23.5. The second-order valence-corrected chi connectivity index (χ2v) is 9.02. The van der Waals surface area contributed by atoms with E-state index in [1.165, 1.54) is 11.8 Å². The van der Waals surface area contributed by atoms with E-state index in [-0.39, 0.29) is 17.2 Å². The summed E-state index contributed by atoms with van der Waals surface area (Å²) in [7, 11) is 0. The van der Waals surface area contributed by atoms with Gasteiger partial charge in [0.2, 0.25) is 5.91 Å². The molecule has 0 atom stereocenters. The van der Waals surface area contributed by atoms with Gasteiger partial charge in [-0.05, 0) is 45.4 Å². The highest BCUT2D eigenvalue weighted by Gasteiger charge is 2.19. The first-order valence-electron chi connectivity index (χ1n) is 10.9. The lowest BCUT2D eigenvalue weighted by molar-refractivity contribution is -0.113. The lowest BCUT2D eigenvalue weighted by atomic mass is 10.1. The Morgan fingerprint density at radius 3 is 2.27 bits per heavy atom. The van der Waals surface area contributed by atoms with Gasteiger partial charge in [-0.3, -0.25) is 18.8 Å². The van der Waals surface area contributed by atoms with Crippen LogP contribution < -0.4 is 10.9 Å². The molecule has 0 spiro atoms. The highest BCUT2D eigenvalue weighted by atomic mass is 32.2. The van der Waals surface area contributed by atoms with Gasteiger partial charge in [0, 0.05) is 12.2 Å². The summed E-state index contributed by atoms with van der Waals surface area (Å²) in [6, 6.07) is 15.7. The minimum atomic E-state index is -0.152. The van der Waals surface area contributed by atoms with Crippen LogP contribution in [0, 0.1) is 20.8 Å². The molecule has 0 bridgehead atoms. The second kappa shape index (κ2) is 9.62. The van der Waals surface area contributed by atoms with Crippen LogP contribution >= 0.6 is 11.8 Å². The maximum absolute atomic E-state index is 13.5. The molecule has 170 valence electrons. The number of hydrogen-bond donors (Lipinski definition) is 1. The molecule has 1 N–H and O–H groups in total. The Morgan fingerprint density at radius 1 is 1.00 bits per heavy atom. The van der Waals surface area contributed by atoms with E-state index in [0.717, 1.165) is 22.4 Å². The van der Waals surface area contributed by atoms with Crippen LogP contribution in [0.4, 0.5) is 5.69 Å². The monoisotopic (exact) mass is 461 g/mol. The van der Waals surface area contributed by atoms with Crippen molar-refractivity contribution in [2.45, 2.75) is 45.9 Å². The van der Waals surface area contributed by atoms with E-state index < -0.39 is 0 Å². The quantitative estimate of drug-likeness (QED) is 0.327. The van der Waals surface area contributed by atoms with Crippen LogP contribution in [0.1, 0.15) is 29.3 Å². The van der Waals surface area contributed by atoms with Gasteiger partial charge in [0.25, 0.3) is 5.56 Å². The summed E-state index contributed by atoms with van der Waals surface area (Å²) < 4.78 is 3.34. The maximum Gasteiger partial charge on any atom is 0.280 e. The van der Waals surface area contributed by atoms with E-state index in [2.05, 4.69) is 10.4 Å². The van der Waals surface area contributed by atoms with Gasteiger partial charge in [0.05, 0.1) is 18.0 Å². The molecule has 0 saturated carbocycles. The SMILES string of the molecule is CCn1nc(C)c2nc(SCC(=O)Nc3ccc(C)cc3)n(Cc3ccc(C)cc3)c(=O)c21. The number of fused-ring (bicyclic) bond motifs is 1. The number of carbonyl (C=O) groups is 1. The summed E-state index contributed by atoms with van der Waals surface area (Å²) in [4.78, 5) is 30.9. The molecule has 7 nitrogen and oxygen atoms in total. The molecule has 8 heteroatoms. The number of nitrogens with zero attached hydrogens (tertiary/aromatic N) is 4. The molecule has 4 rings (SSSR count). The second-order valence-electron chi connectivity index (χ2n) is 8.07. The Balaban J connectivity index is 1.66. The number of amides is 1. The molecule has 0 aliphatic heterocycles. The highest BCUT2D eigenvalue weighted by Crippen LogP contribution is 2.21. The number of anilines is 1. The molecule has 2 aromatic carbocycles. The number of carbonyl (C=O) groups excluding carboxylic acids is 1. The number of aryl methyl sites for hydroxylation is 4. The van der Waals surface area contributed by atoms with Gasteiger partial charge in [-0.15, -0.1) is 0 Å². The van der Waals surface area contributed by atoms with Crippen molar-refractivity contribution in [3.8, 4) is 0 Å². The first-order valence-corrected chi connectivity index (χ1v) is 11.9. The van der Waals surface area contributed by atoms with Crippen LogP contribution in [-0.2, 0) is 17.9 Å². The normalized spacial score (nSPS) is 11.2. The molecule has 0 radical (unpaired) electrons. The van der Waals surface area contributed by atoms with E-state index in [4.69, 9.17) is 4.98 Å². The third kappa shape index (κ3) is 5.01. The van der Waals surface area contributed by atoms with Crippen molar-refractivity contribution in [3.05, 3.63) is 81.3 Å². The number of hydrogen-bond acceptors (Lipinski definition) is 5. The smallest absolute Gasteiger partial charge is 0.280 e. The van der Waals surface area contributed by atoms with E-state index in [1.807, 2.05) is 76.2 Å². The number of benzene rings is 2. The molecular formula is C25H27N5O2S. The number of rotatable bonds is 7. The minimum absolute atomic E-state index is 0.140. The van der Waals surface area contributed by atoms with Crippen molar-refractivity contribution >= 4 is 34.4 Å². The minimum Gasteiger partial charge on any atom is -0.325 e. The molecule has 2 heterocycles. The largest absolute Gasteiger partial charge is 0.325 e. The average Bonchev–Trinajstić information content (AvgIpc) is 3.13. The summed E-state index contributed by atoms with van der Waals surface area (Å²) in [6.45, 7) is 8.78. The van der Waals surface area contributed by atoms with Crippen LogP contribution in [0.2, 0.25) is 0 Å². The summed E-state index contributed by atoms with van der Waals surface area (Å²) in [5.74, 6) is -0.0122. The summed E-state index contributed by atoms with van der Waals surface area (Å²) in [5.41, 5.74) is 5.66. The number of aromatic nitrogens is 4. The van der Waals surface area contributed by atoms with Gasteiger partial charge in [-0.1, -0.05) is 59.3 Å². The first-order chi connectivity index (χ1) is 15.9. The molecule has 1 amide bonds. The average molecular weight is 462 g/mol. The summed E-state index contributed by atoms with van der Waals surface area (Å²) >= 11 is 1.26. The van der Waals surface area contributed by atoms with Crippen LogP contribution in [0.25, 0.3) is 11.0 Å². The fourth-order valence-corrected chi connectivity index (χ4v) is 4.40. The number of nitrogens with one attached hydrogen (secondary N) is 1. The van der Waals surface area contributed by atoms with Crippen molar-refractivity contribution in [3.63, 3.8) is 0 Å². The predicted molar refractivity (Wildman–Crippen MR) is 133 cm³/mol. The fraction of sp³-hybridized carbons (Fsp3) is 0.280. The number of thioether (sulfide) groups is 1. The van der Waals surface area contributed by atoms with Crippen molar-refractivity contribution in [1.29, 1.82) is 0 Å². The Kier molecular flexibility index (Phi) is 6.65. The zero-order valence-corrected chi connectivity index (χ0v) is 20.1. The molecular weight excluding hydrogens is 434 g/mol. The Labute approximate surface area is 196 Å². The third-order valence-electron chi connectivity index (χ3n) is 5.41. The van der Waals surface area contributed by atoms with Crippen molar-refractivity contribution in [1.82, 2.24) is 19.3 Å². The molecule has 2 aromatic heterocycles. The summed E-state index contributed by atoms with van der Waals surface area (Å²) in [5, 5.41) is 7.89. The lowest BCUT2D eigenvalue weighted by Gasteiger charge is -2.13. The molecule has 0 unspecified atom stereocenters. The van der Waals surface area contributed by atoms with Gasteiger partial charge in [0.15, 0.2) is 10.7 Å². The van der Waals surface area contributed by atoms with Crippen molar-refractivity contribution in [2.75, 3.05) is 11.1 Å². The fourth-order valence-electron chi connectivity index (χ4n) is 3.61. The van der Waals surface area contributed by atoms with Gasteiger partial charge >= 0.3 is 0 Å². The van der Waals surface area contributed by atoms with Crippen LogP contribution in [0.15, 0.2) is 58.5 Å². The van der Waals surface area contributed by atoms with Crippen molar-refractivity contribution < 1.29 is 4.79 Å². The highest BCUT2D eigenvalue weighted by molar-refractivity contribution is 7.99. The van der Waals surface area contributed by atoms with E-state index in [0.29, 0.717) is 35.0 Å². The van der Waals surface area contributed by atoms with Gasteiger partial charge < -0.3 is 5.32 Å². The standard InChI is InChI=1S/C25H27N5O2S/c1-5-30-23-22(18(4)28-30)27-25(29(24(23)32)14-19-10-6-16(2)7-11-19)33-15-21(31)26-20-12-8-17(3)9-13-20/h6-13H,5,14-15H2,1-4H3,(H,26,31). The molecule has 0 aliphatic carbocycles. The molecule has 0 aliphatic rings. The zero-order valence-electron chi connectivity index (χ0n) is 19.3. The first kappa shape index (κ1) is 22.8. The van der Waals surface area contributed by atoms with Crippen molar-refractivity contribution in [2.24, 2.45) is 0 Å². The maximum atomic E-state index is 13.5. The topological polar surface area (TPSA) is 81.8 Å². The predicted octanol–water partition coefficient (Wildman–Crippen LogP) is 4.32. The van der Waals surface area contributed by atoms with E-state index >= 15 is 0 Å². The van der Waals surface area contributed by atoms with Crippen LogP contribution in [0.5, 0.6) is 0 Å². The van der Waals surface area contributed by atoms with Crippen LogP contribution in [0.3, 0.4) is 0 Å².